The molecule has 1 aliphatic heterocycles. The fourth-order valence-corrected chi connectivity index (χ4v) is 3.95. The van der Waals surface area contributed by atoms with Crippen LogP contribution in [0.2, 0.25) is 0 Å². The molecule has 1 aromatic carbocycles. The Bertz CT molecular complexity index is 677. The lowest BCUT2D eigenvalue weighted by molar-refractivity contribution is -0.120. The van der Waals surface area contributed by atoms with Crippen molar-refractivity contribution in [2.24, 2.45) is 0 Å². The molecule has 0 saturated carbocycles. The van der Waals surface area contributed by atoms with Crippen LogP contribution in [-0.4, -0.2) is 46.3 Å². The van der Waals surface area contributed by atoms with E-state index in [1.165, 1.54) is 0 Å². The summed E-state index contributed by atoms with van der Waals surface area (Å²) in [6, 6.07) is 7.45. The van der Waals surface area contributed by atoms with E-state index in [1.54, 1.807) is 38.3 Å². The van der Waals surface area contributed by atoms with Crippen LogP contribution in [0.4, 0.5) is 0 Å². The molecule has 0 amide bonds. The Kier molecular flexibility index (Phi) is 4.47. The highest BCUT2D eigenvalue weighted by Crippen LogP contribution is 2.37. The summed E-state index contributed by atoms with van der Waals surface area (Å²) in [5.74, 6) is 2.20. The average Bonchev–Trinajstić information content (AvgIpc) is 3.22. The SMILES string of the molecule is COc1ccccc1OCC1(C(C)=O)SCCN1n1ccnc1. The normalized spacial score (nSPS) is 20.5. The second kappa shape index (κ2) is 6.54. The summed E-state index contributed by atoms with van der Waals surface area (Å²) in [5.41, 5.74) is 0. The van der Waals surface area contributed by atoms with Crippen molar-refractivity contribution in [2.45, 2.75) is 11.8 Å². The number of aromatic nitrogens is 2. The van der Waals surface area contributed by atoms with Crippen molar-refractivity contribution >= 4 is 17.5 Å². The first-order valence-corrected chi connectivity index (χ1v) is 8.32. The van der Waals surface area contributed by atoms with Crippen LogP contribution in [0, 0.1) is 0 Å². The summed E-state index contributed by atoms with van der Waals surface area (Å²) in [5, 5.41) is 2.00. The van der Waals surface area contributed by atoms with Crippen molar-refractivity contribution in [1.82, 2.24) is 9.66 Å². The van der Waals surface area contributed by atoms with Gasteiger partial charge in [-0.15, -0.1) is 11.8 Å². The molecule has 6 nitrogen and oxygen atoms in total. The molecule has 1 atom stereocenters. The number of nitrogens with zero attached hydrogens (tertiary/aromatic N) is 3. The molecule has 3 rings (SSSR count). The highest BCUT2D eigenvalue weighted by Gasteiger charge is 2.48. The zero-order valence-electron chi connectivity index (χ0n) is 13.1. The zero-order chi connectivity index (χ0) is 16.3. The summed E-state index contributed by atoms with van der Waals surface area (Å²) in [6.45, 7) is 2.61. The van der Waals surface area contributed by atoms with Gasteiger partial charge in [-0.25, -0.2) is 4.98 Å². The van der Waals surface area contributed by atoms with Gasteiger partial charge in [-0.1, -0.05) is 12.1 Å². The van der Waals surface area contributed by atoms with Crippen molar-refractivity contribution in [2.75, 3.05) is 31.0 Å². The number of hydrogen-bond acceptors (Lipinski definition) is 6. The predicted molar refractivity (Wildman–Crippen MR) is 89.7 cm³/mol. The van der Waals surface area contributed by atoms with Gasteiger partial charge >= 0.3 is 0 Å². The molecule has 23 heavy (non-hydrogen) atoms. The van der Waals surface area contributed by atoms with E-state index in [0.29, 0.717) is 11.5 Å². The topological polar surface area (TPSA) is 56.6 Å². The average molecular weight is 333 g/mol. The Morgan fingerprint density at radius 3 is 2.83 bits per heavy atom. The molecule has 7 heteroatoms. The van der Waals surface area contributed by atoms with Gasteiger partial charge in [0.15, 0.2) is 22.2 Å². The lowest BCUT2D eigenvalue weighted by Gasteiger charge is -2.36. The van der Waals surface area contributed by atoms with Crippen molar-refractivity contribution in [3.05, 3.63) is 43.0 Å². The van der Waals surface area contributed by atoms with E-state index in [9.17, 15) is 4.79 Å². The Morgan fingerprint density at radius 2 is 2.17 bits per heavy atom. The van der Waals surface area contributed by atoms with Crippen LogP contribution in [0.25, 0.3) is 0 Å². The van der Waals surface area contributed by atoms with Crippen molar-refractivity contribution in [3.8, 4) is 11.5 Å². The monoisotopic (exact) mass is 333 g/mol. The molecule has 1 saturated heterocycles. The van der Waals surface area contributed by atoms with E-state index in [1.807, 2.05) is 40.1 Å². The number of ether oxygens (including phenoxy) is 2. The number of hydrogen-bond donors (Lipinski definition) is 0. The molecule has 0 radical (unpaired) electrons. The van der Waals surface area contributed by atoms with Gasteiger partial charge in [0.25, 0.3) is 0 Å². The smallest absolute Gasteiger partial charge is 0.193 e. The fraction of sp³-hybridized carbons (Fsp3) is 0.375. The molecular weight excluding hydrogens is 314 g/mol. The van der Waals surface area contributed by atoms with Crippen molar-refractivity contribution in [3.63, 3.8) is 0 Å². The van der Waals surface area contributed by atoms with Crippen molar-refractivity contribution in [1.29, 1.82) is 0 Å². The second-order valence-corrected chi connectivity index (χ2v) is 6.57. The molecule has 0 aliphatic carbocycles. The third-order valence-electron chi connectivity index (χ3n) is 3.87. The quantitative estimate of drug-likeness (QED) is 0.805. The second-order valence-electron chi connectivity index (χ2n) is 5.19. The summed E-state index contributed by atoms with van der Waals surface area (Å²) in [4.78, 5) is 15.8. The van der Waals surface area contributed by atoms with Gasteiger partial charge in [0, 0.05) is 24.7 Å². The predicted octanol–water partition coefficient (Wildman–Crippen LogP) is 1.94. The van der Waals surface area contributed by atoms with Gasteiger partial charge in [0.2, 0.25) is 0 Å². The van der Waals surface area contributed by atoms with E-state index in [0.717, 1.165) is 12.3 Å². The lowest BCUT2D eigenvalue weighted by Crippen LogP contribution is -2.56. The number of para-hydroxylation sites is 2. The highest BCUT2D eigenvalue weighted by molar-refractivity contribution is 8.01. The Morgan fingerprint density at radius 1 is 1.39 bits per heavy atom. The van der Waals surface area contributed by atoms with E-state index >= 15 is 0 Å². The van der Waals surface area contributed by atoms with Gasteiger partial charge in [0.1, 0.15) is 12.9 Å². The standard InChI is InChI=1S/C16H19N3O3S/c1-13(20)16(11-22-15-6-4-3-5-14(15)21-2)19(9-10-23-16)18-8-7-17-12-18/h3-8,12H,9-11H2,1-2H3. The molecule has 1 aromatic heterocycles. The van der Waals surface area contributed by atoms with Crippen LogP contribution < -0.4 is 14.5 Å². The molecule has 1 unspecified atom stereocenters. The third kappa shape index (κ3) is 2.88. The lowest BCUT2D eigenvalue weighted by atomic mass is 10.2. The number of rotatable bonds is 6. The number of ketones is 1. The van der Waals surface area contributed by atoms with Gasteiger partial charge in [0.05, 0.1) is 7.11 Å². The number of methoxy groups -OCH3 is 1. The fourth-order valence-electron chi connectivity index (χ4n) is 2.67. The number of Topliss-reactive ketones (excluding diaryl/α,β-unsaturated/α-hetero) is 1. The van der Waals surface area contributed by atoms with Crippen LogP contribution in [0.1, 0.15) is 6.92 Å². The molecule has 0 bridgehead atoms. The van der Waals surface area contributed by atoms with E-state index in [2.05, 4.69) is 4.98 Å². The van der Waals surface area contributed by atoms with Crippen LogP contribution in [0.5, 0.6) is 11.5 Å². The van der Waals surface area contributed by atoms with E-state index < -0.39 is 4.87 Å². The Labute approximate surface area is 139 Å². The third-order valence-corrected chi connectivity index (χ3v) is 5.35. The molecule has 1 aliphatic rings. The maximum absolute atomic E-state index is 12.4. The first-order chi connectivity index (χ1) is 11.2. The largest absolute Gasteiger partial charge is 0.493 e. The maximum Gasteiger partial charge on any atom is 0.193 e. The van der Waals surface area contributed by atoms with Gasteiger partial charge < -0.3 is 9.47 Å². The molecule has 2 heterocycles. The minimum atomic E-state index is -0.762. The molecule has 2 aromatic rings. The molecule has 0 spiro atoms. The number of imidazole rings is 1. The van der Waals surface area contributed by atoms with Gasteiger partial charge in [-0.05, 0) is 19.1 Å². The first kappa shape index (κ1) is 15.7. The maximum atomic E-state index is 12.4. The highest BCUT2D eigenvalue weighted by atomic mass is 32.2. The molecule has 0 N–H and O–H groups in total. The summed E-state index contributed by atoms with van der Waals surface area (Å²) in [7, 11) is 1.60. The molecular formula is C16H19N3O3S. The Balaban J connectivity index is 1.85. The summed E-state index contributed by atoms with van der Waals surface area (Å²) < 4.78 is 13.1. The van der Waals surface area contributed by atoms with Gasteiger partial charge in [-0.2, -0.15) is 0 Å². The van der Waals surface area contributed by atoms with E-state index in [-0.39, 0.29) is 12.4 Å². The van der Waals surface area contributed by atoms with Crippen molar-refractivity contribution < 1.29 is 14.3 Å². The van der Waals surface area contributed by atoms with Crippen LogP contribution in [-0.2, 0) is 4.79 Å². The number of carbonyl (C=O) groups excluding carboxylic acids is 1. The zero-order valence-corrected chi connectivity index (χ0v) is 14.0. The van der Waals surface area contributed by atoms with Crippen LogP contribution >= 0.6 is 11.8 Å². The molecule has 1 fully saturated rings. The van der Waals surface area contributed by atoms with Crippen LogP contribution in [0.15, 0.2) is 43.0 Å². The number of benzene rings is 1. The van der Waals surface area contributed by atoms with E-state index in [4.69, 9.17) is 9.47 Å². The van der Waals surface area contributed by atoms with Gasteiger partial charge in [-0.3, -0.25) is 14.5 Å². The number of thioether (sulfide) groups is 1. The summed E-state index contributed by atoms with van der Waals surface area (Å²) in [6.07, 6.45) is 5.24. The Hall–Kier alpha value is -2.15. The van der Waals surface area contributed by atoms with Crippen LogP contribution in [0.3, 0.4) is 0 Å². The minimum Gasteiger partial charge on any atom is -0.493 e. The minimum absolute atomic E-state index is 0.0589. The molecule has 122 valence electrons. The summed E-state index contributed by atoms with van der Waals surface area (Å²) >= 11 is 1.60. The number of carbonyl (C=O) groups is 1. The first-order valence-electron chi connectivity index (χ1n) is 7.34.